The first-order valence-corrected chi connectivity index (χ1v) is 11.4. The fraction of sp³-hybridized carbons (Fsp3) is 0.619. The van der Waals surface area contributed by atoms with Crippen molar-refractivity contribution in [2.75, 3.05) is 13.2 Å². The molecule has 0 unspecified atom stereocenters. The number of rotatable bonds is 9. The van der Waals surface area contributed by atoms with Crippen LogP contribution >= 0.6 is 0 Å². The molecule has 1 aromatic rings. The first-order valence-electron chi connectivity index (χ1n) is 9.92. The summed E-state index contributed by atoms with van der Waals surface area (Å²) < 4.78 is 34.1. The van der Waals surface area contributed by atoms with E-state index in [0.29, 0.717) is 25.7 Å². The van der Waals surface area contributed by atoms with Crippen LogP contribution in [0.2, 0.25) is 0 Å². The van der Waals surface area contributed by atoms with Gasteiger partial charge in [0.1, 0.15) is 22.5 Å². The van der Waals surface area contributed by atoms with Crippen LogP contribution in [0.25, 0.3) is 0 Å². The molecular weight excluding hydrogens is 394 g/mol. The number of carbonyl (C=O) groups excluding carboxylic acids is 1. The zero-order chi connectivity index (χ0) is 21.9. The Bertz CT molecular complexity index is 858. The average Bonchev–Trinajstić information content (AvgIpc) is 3.08. The van der Waals surface area contributed by atoms with Crippen LogP contribution in [0.5, 0.6) is 5.75 Å². The molecule has 0 spiro atoms. The van der Waals surface area contributed by atoms with Crippen molar-refractivity contribution in [1.82, 2.24) is 4.31 Å². The highest BCUT2D eigenvalue weighted by Crippen LogP contribution is 2.47. The molecule has 1 fully saturated rings. The molecule has 1 N–H and O–H groups in total. The number of carbonyl (C=O) groups is 2. The summed E-state index contributed by atoms with van der Waals surface area (Å²) in [6, 6.07) is 4.82. The fourth-order valence-corrected chi connectivity index (χ4v) is 6.05. The van der Waals surface area contributed by atoms with Gasteiger partial charge in [-0.15, -0.1) is 0 Å². The third kappa shape index (κ3) is 4.48. The lowest BCUT2D eigenvalue weighted by molar-refractivity contribution is -0.153. The van der Waals surface area contributed by atoms with Gasteiger partial charge in [0.2, 0.25) is 10.0 Å². The molecule has 1 atom stereocenters. The summed E-state index contributed by atoms with van der Waals surface area (Å²) in [6.45, 7) is 7.54. The monoisotopic (exact) mass is 425 g/mol. The number of unbranched alkanes of at least 4 members (excludes halogenated alkanes) is 2. The number of carboxylic acid groups (broad SMARTS) is 1. The van der Waals surface area contributed by atoms with E-state index < -0.39 is 26.9 Å². The van der Waals surface area contributed by atoms with Gasteiger partial charge in [-0.25, -0.2) is 8.42 Å². The van der Waals surface area contributed by atoms with Crippen LogP contribution in [0, 0.1) is 12.3 Å². The van der Waals surface area contributed by atoms with E-state index in [-0.39, 0.29) is 30.2 Å². The van der Waals surface area contributed by atoms with Gasteiger partial charge in [0.05, 0.1) is 6.61 Å². The second kappa shape index (κ2) is 8.83. The Kier molecular flexibility index (Phi) is 7.11. The lowest BCUT2D eigenvalue weighted by Crippen LogP contribution is -2.60. The van der Waals surface area contributed by atoms with E-state index in [4.69, 9.17) is 4.74 Å². The van der Waals surface area contributed by atoms with Crippen LogP contribution in [0.1, 0.15) is 58.4 Å². The highest BCUT2D eigenvalue weighted by Gasteiger charge is 2.60. The largest absolute Gasteiger partial charge is 0.492 e. The molecule has 1 saturated heterocycles. The Morgan fingerprint density at radius 3 is 2.59 bits per heavy atom. The summed E-state index contributed by atoms with van der Waals surface area (Å²) in [5, 5.41) is 10.1. The number of sulfonamides is 1. The predicted molar refractivity (Wildman–Crippen MR) is 110 cm³/mol. The third-order valence-electron chi connectivity index (χ3n) is 5.56. The van der Waals surface area contributed by atoms with Gasteiger partial charge in [0.15, 0.2) is 0 Å². The van der Waals surface area contributed by atoms with E-state index in [1.54, 1.807) is 32.9 Å². The van der Waals surface area contributed by atoms with E-state index in [0.717, 1.165) is 16.2 Å². The number of ether oxygens (including phenoxy) is 1. The zero-order valence-electron chi connectivity index (χ0n) is 17.6. The third-order valence-corrected chi connectivity index (χ3v) is 7.53. The van der Waals surface area contributed by atoms with Gasteiger partial charge in [0.25, 0.3) is 0 Å². The van der Waals surface area contributed by atoms with Crippen molar-refractivity contribution in [3.05, 3.63) is 23.8 Å². The van der Waals surface area contributed by atoms with E-state index in [1.807, 2.05) is 6.92 Å². The molecule has 8 heteroatoms. The Hall–Kier alpha value is -1.93. The lowest BCUT2D eigenvalue weighted by atomic mass is 9.72. The highest BCUT2D eigenvalue weighted by molar-refractivity contribution is 7.89. The molecule has 0 amide bonds. The fourth-order valence-electron chi connectivity index (χ4n) is 3.97. The van der Waals surface area contributed by atoms with E-state index in [2.05, 4.69) is 0 Å². The minimum absolute atomic E-state index is 0.0183. The SMILES string of the molecule is Cc1ccc(S(=O)(=O)N2CCC[C@]2(C(=O)O)C(C)(C)C)c(OCCCCC=O)c1. The number of aldehydes is 1. The maximum atomic E-state index is 13.6. The summed E-state index contributed by atoms with van der Waals surface area (Å²) in [5.74, 6) is -0.911. The van der Waals surface area contributed by atoms with Gasteiger partial charge in [-0.1, -0.05) is 26.8 Å². The van der Waals surface area contributed by atoms with Crippen LogP contribution in [-0.4, -0.2) is 48.8 Å². The molecule has 0 bridgehead atoms. The summed E-state index contributed by atoms with van der Waals surface area (Å²) in [6.07, 6.45) is 3.30. The number of hydrogen-bond acceptors (Lipinski definition) is 5. The first-order chi connectivity index (χ1) is 13.5. The number of aliphatic carboxylic acids is 1. The van der Waals surface area contributed by atoms with Crippen LogP contribution in [0.4, 0.5) is 0 Å². The predicted octanol–water partition coefficient (Wildman–Crippen LogP) is 3.40. The van der Waals surface area contributed by atoms with Crippen molar-refractivity contribution >= 4 is 22.3 Å². The maximum Gasteiger partial charge on any atom is 0.325 e. The van der Waals surface area contributed by atoms with Crippen LogP contribution in [0.3, 0.4) is 0 Å². The summed E-state index contributed by atoms with van der Waals surface area (Å²) in [7, 11) is -4.10. The van der Waals surface area contributed by atoms with Gasteiger partial charge >= 0.3 is 5.97 Å². The zero-order valence-corrected chi connectivity index (χ0v) is 18.4. The lowest BCUT2D eigenvalue weighted by Gasteiger charge is -2.43. The molecule has 1 aliphatic rings. The Balaban J connectivity index is 2.44. The van der Waals surface area contributed by atoms with Gasteiger partial charge in [0, 0.05) is 13.0 Å². The van der Waals surface area contributed by atoms with Gasteiger partial charge in [-0.3, -0.25) is 4.79 Å². The highest BCUT2D eigenvalue weighted by atomic mass is 32.2. The topological polar surface area (TPSA) is 101 Å². The van der Waals surface area contributed by atoms with Crippen molar-refractivity contribution in [3.63, 3.8) is 0 Å². The van der Waals surface area contributed by atoms with Crippen molar-refractivity contribution < 1.29 is 27.9 Å². The standard InChI is InChI=1S/C21H31NO6S/c1-16-9-10-18(17(15-16)28-14-7-5-6-13-23)29(26,27)22-12-8-11-21(22,19(24)25)20(2,3)4/h9-10,13,15H,5-8,11-12,14H2,1-4H3,(H,24,25)/t21-/m0/s1. The molecule has 0 radical (unpaired) electrons. The van der Waals surface area contributed by atoms with Gasteiger partial charge < -0.3 is 14.6 Å². The Morgan fingerprint density at radius 2 is 2.00 bits per heavy atom. The molecule has 2 rings (SSSR count). The summed E-state index contributed by atoms with van der Waals surface area (Å²) >= 11 is 0. The normalized spacial score (nSPS) is 20.6. The smallest absolute Gasteiger partial charge is 0.325 e. The number of nitrogens with zero attached hydrogens (tertiary/aromatic N) is 1. The number of hydrogen-bond donors (Lipinski definition) is 1. The van der Waals surface area contributed by atoms with Crippen molar-refractivity contribution in [3.8, 4) is 5.75 Å². The molecule has 0 saturated carbocycles. The molecule has 1 aromatic carbocycles. The second-order valence-corrected chi connectivity index (χ2v) is 10.4. The summed E-state index contributed by atoms with van der Waals surface area (Å²) in [5.41, 5.74) is -1.46. The number of carboxylic acids is 1. The van der Waals surface area contributed by atoms with Crippen molar-refractivity contribution in [1.29, 1.82) is 0 Å². The van der Waals surface area contributed by atoms with E-state index in [1.165, 1.54) is 6.07 Å². The van der Waals surface area contributed by atoms with Crippen LogP contribution < -0.4 is 4.74 Å². The van der Waals surface area contributed by atoms with Crippen LogP contribution in [-0.2, 0) is 19.6 Å². The molecule has 0 aromatic heterocycles. The second-order valence-electron chi connectivity index (χ2n) is 8.56. The van der Waals surface area contributed by atoms with Crippen molar-refractivity contribution in [2.24, 2.45) is 5.41 Å². The minimum atomic E-state index is -4.10. The maximum absolute atomic E-state index is 13.6. The Labute approximate surface area is 173 Å². The minimum Gasteiger partial charge on any atom is -0.492 e. The van der Waals surface area contributed by atoms with E-state index in [9.17, 15) is 23.1 Å². The molecule has 162 valence electrons. The summed E-state index contributed by atoms with van der Waals surface area (Å²) in [4.78, 5) is 22.7. The first kappa shape index (κ1) is 23.3. The molecule has 29 heavy (non-hydrogen) atoms. The molecule has 1 aliphatic heterocycles. The van der Waals surface area contributed by atoms with Crippen molar-refractivity contribution in [2.45, 2.75) is 70.2 Å². The quantitative estimate of drug-likeness (QED) is 0.481. The van der Waals surface area contributed by atoms with Crippen LogP contribution in [0.15, 0.2) is 23.1 Å². The molecule has 0 aliphatic carbocycles. The average molecular weight is 426 g/mol. The number of aryl methyl sites for hydroxylation is 1. The van der Waals surface area contributed by atoms with E-state index >= 15 is 0 Å². The molecular formula is C21H31NO6S. The molecule has 1 heterocycles. The number of benzene rings is 1. The van der Waals surface area contributed by atoms with Gasteiger partial charge in [-0.2, -0.15) is 4.31 Å². The Morgan fingerprint density at radius 1 is 1.31 bits per heavy atom. The molecule has 7 nitrogen and oxygen atoms in total. The van der Waals surface area contributed by atoms with Gasteiger partial charge in [-0.05, 0) is 55.7 Å².